The number of hydrogen-bond acceptors (Lipinski definition) is 4. The highest BCUT2D eigenvalue weighted by Gasteiger charge is 2.22. The summed E-state index contributed by atoms with van der Waals surface area (Å²) >= 11 is 0. The van der Waals surface area contributed by atoms with Gasteiger partial charge in [0.1, 0.15) is 16.5 Å². The number of halogens is 1. The van der Waals surface area contributed by atoms with Crippen LogP contribution in [0.1, 0.15) is 16.7 Å². The maximum absolute atomic E-state index is 13.7. The van der Waals surface area contributed by atoms with Crippen LogP contribution in [0.2, 0.25) is 0 Å². The second-order valence-corrected chi connectivity index (χ2v) is 7.58. The van der Waals surface area contributed by atoms with E-state index in [9.17, 15) is 17.9 Å². The van der Waals surface area contributed by atoms with Crippen molar-refractivity contribution in [2.24, 2.45) is 0 Å². The van der Waals surface area contributed by atoms with Crippen molar-refractivity contribution in [2.75, 3.05) is 6.26 Å². The topological polar surface area (TPSA) is 57.6 Å². The molecule has 116 valence electrons. The lowest BCUT2D eigenvalue weighted by molar-refractivity contribution is 0.273. The Bertz CT molecular complexity index is 833. The fraction of sp³-hybridized carbons (Fsp3) is 0.250. The van der Waals surface area contributed by atoms with E-state index in [-0.39, 0.29) is 16.5 Å². The summed E-state index contributed by atoms with van der Waals surface area (Å²) in [4.78, 5) is 1.96. The van der Waals surface area contributed by atoms with Gasteiger partial charge in [0, 0.05) is 31.5 Å². The number of rotatable bonds is 3. The summed E-state index contributed by atoms with van der Waals surface area (Å²) in [5.41, 5.74) is 2.43. The van der Waals surface area contributed by atoms with Crippen molar-refractivity contribution in [3.63, 3.8) is 0 Å². The Balaban J connectivity index is 1.83. The molecule has 0 spiro atoms. The lowest BCUT2D eigenvalue weighted by atomic mass is 10.1. The van der Waals surface area contributed by atoms with Crippen molar-refractivity contribution in [2.45, 2.75) is 24.5 Å². The molecular formula is C16H16FNO3S. The highest BCUT2D eigenvalue weighted by Crippen LogP contribution is 2.28. The molecule has 22 heavy (non-hydrogen) atoms. The second-order valence-electron chi connectivity index (χ2n) is 5.60. The van der Waals surface area contributed by atoms with Gasteiger partial charge in [0.15, 0.2) is 9.84 Å². The summed E-state index contributed by atoms with van der Waals surface area (Å²) in [5.74, 6) is -0.454. The molecule has 1 aliphatic heterocycles. The van der Waals surface area contributed by atoms with Gasteiger partial charge in [-0.05, 0) is 29.3 Å². The van der Waals surface area contributed by atoms with Crippen LogP contribution < -0.4 is 0 Å². The minimum Gasteiger partial charge on any atom is -0.507 e. The Labute approximate surface area is 128 Å². The predicted octanol–water partition coefficient (Wildman–Crippen LogP) is 2.45. The van der Waals surface area contributed by atoms with Gasteiger partial charge < -0.3 is 5.11 Å². The molecule has 6 heteroatoms. The van der Waals surface area contributed by atoms with Crippen LogP contribution in [-0.4, -0.2) is 24.7 Å². The van der Waals surface area contributed by atoms with Gasteiger partial charge in [-0.15, -0.1) is 0 Å². The monoisotopic (exact) mass is 321 g/mol. The Kier molecular flexibility index (Phi) is 3.66. The molecule has 1 heterocycles. The van der Waals surface area contributed by atoms with Crippen LogP contribution in [-0.2, 0) is 29.5 Å². The first kappa shape index (κ1) is 15.0. The van der Waals surface area contributed by atoms with Gasteiger partial charge in [0.25, 0.3) is 0 Å². The number of phenolic OH excluding ortho intramolecular Hbond substituents is 1. The van der Waals surface area contributed by atoms with Crippen LogP contribution in [0, 0.1) is 5.82 Å². The quantitative estimate of drug-likeness (QED) is 0.943. The molecule has 0 amide bonds. The highest BCUT2D eigenvalue weighted by molar-refractivity contribution is 7.90. The first-order chi connectivity index (χ1) is 10.3. The average molecular weight is 321 g/mol. The predicted molar refractivity (Wildman–Crippen MR) is 80.6 cm³/mol. The molecule has 0 fully saturated rings. The Morgan fingerprint density at radius 2 is 2.00 bits per heavy atom. The molecule has 0 aliphatic carbocycles. The lowest BCUT2D eigenvalue weighted by Crippen LogP contribution is -2.16. The van der Waals surface area contributed by atoms with E-state index in [0.29, 0.717) is 25.2 Å². The minimum atomic E-state index is -3.48. The number of nitrogens with zero attached hydrogens (tertiary/aromatic N) is 1. The number of hydrogen-bond donors (Lipinski definition) is 1. The van der Waals surface area contributed by atoms with Crippen LogP contribution in [0.15, 0.2) is 41.3 Å². The van der Waals surface area contributed by atoms with E-state index in [4.69, 9.17) is 0 Å². The Hall–Kier alpha value is -1.92. The number of aromatic hydroxyl groups is 1. The van der Waals surface area contributed by atoms with Gasteiger partial charge >= 0.3 is 0 Å². The fourth-order valence-electron chi connectivity index (χ4n) is 2.77. The molecule has 1 N–H and O–H groups in total. The summed E-state index contributed by atoms with van der Waals surface area (Å²) < 4.78 is 37.0. The van der Waals surface area contributed by atoms with E-state index >= 15 is 0 Å². The molecule has 0 aromatic heterocycles. The van der Waals surface area contributed by atoms with Gasteiger partial charge in [-0.2, -0.15) is 0 Å². The maximum Gasteiger partial charge on any atom is 0.179 e. The van der Waals surface area contributed by atoms with Gasteiger partial charge in [0.05, 0.1) is 0 Å². The third-order valence-electron chi connectivity index (χ3n) is 3.82. The smallest absolute Gasteiger partial charge is 0.179 e. The van der Waals surface area contributed by atoms with Gasteiger partial charge in [-0.25, -0.2) is 12.8 Å². The minimum absolute atomic E-state index is 0.0760. The van der Waals surface area contributed by atoms with Crippen molar-refractivity contribution in [1.29, 1.82) is 0 Å². The molecular weight excluding hydrogens is 305 g/mol. The van der Waals surface area contributed by atoms with E-state index in [1.54, 1.807) is 12.1 Å². The van der Waals surface area contributed by atoms with Crippen LogP contribution in [0.5, 0.6) is 5.75 Å². The molecule has 0 saturated carbocycles. The Morgan fingerprint density at radius 3 is 2.68 bits per heavy atom. The van der Waals surface area contributed by atoms with Crippen molar-refractivity contribution in [1.82, 2.24) is 4.90 Å². The molecule has 0 bridgehead atoms. The molecule has 3 rings (SSSR count). The number of phenols is 1. The summed E-state index contributed by atoms with van der Waals surface area (Å²) in [7, 11) is -3.48. The first-order valence-electron chi connectivity index (χ1n) is 6.85. The first-order valence-corrected chi connectivity index (χ1v) is 8.74. The average Bonchev–Trinajstić information content (AvgIpc) is 2.84. The van der Waals surface area contributed by atoms with Crippen molar-refractivity contribution < 1.29 is 17.9 Å². The third-order valence-corrected chi connectivity index (χ3v) is 4.95. The number of benzene rings is 2. The van der Waals surface area contributed by atoms with Crippen LogP contribution in [0.25, 0.3) is 0 Å². The van der Waals surface area contributed by atoms with Crippen LogP contribution >= 0.6 is 0 Å². The summed E-state index contributed by atoms with van der Waals surface area (Å²) in [5, 5.41) is 9.67. The van der Waals surface area contributed by atoms with Crippen molar-refractivity contribution in [3.8, 4) is 5.75 Å². The normalized spacial score (nSPS) is 15.0. The lowest BCUT2D eigenvalue weighted by Gasteiger charge is -2.15. The second kappa shape index (κ2) is 5.37. The summed E-state index contributed by atoms with van der Waals surface area (Å²) in [6.45, 7) is 1.62. The SMILES string of the molecule is CS(=O)(=O)c1cc(CN2Cc3cccc(F)c3C2)ccc1O. The molecule has 2 aromatic rings. The van der Waals surface area contributed by atoms with Crippen molar-refractivity contribution >= 4 is 9.84 Å². The van der Waals surface area contributed by atoms with Gasteiger partial charge in [-0.3, -0.25) is 4.90 Å². The molecule has 4 nitrogen and oxygen atoms in total. The van der Waals surface area contributed by atoms with Gasteiger partial charge in [-0.1, -0.05) is 18.2 Å². The zero-order valence-corrected chi connectivity index (χ0v) is 12.9. The summed E-state index contributed by atoms with van der Waals surface area (Å²) in [6, 6.07) is 9.59. The van der Waals surface area contributed by atoms with E-state index < -0.39 is 9.84 Å². The highest BCUT2D eigenvalue weighted by atomic mass is 32.2. The number of sulfone groups is 1. The molecule has 1 aliphatic rings. The maximum atomic E-state index is 13.7. The molecule has 0 saturated heterocycles. The van der Waals surface area contributed by atoms with E-state index in [2.05, 4.69) is 0 Å². The van der Waals surface area contributed by atoms with Gasteiger partial charge in [0.2, 0.25) is 0 Å². The fourth-order valence-corrected chi connectivity index (χ4v) is 3.59. The van der Waals surface area contributed by atoms with Crippen LogP contribution in [0.4, 0.5) is 4.39 Å². The molecule has 0 radical (unpaired) electrons. The Morgan fingerprint density at radius 1 is 1.23 bits per heavy atom. The number of fused-ring (bicyclic) bond motifs is 1. The van der Waals surface area contributed by atoms with Crippen LogP contribution in [0.3, 0.4) is 0 Å². The zero-order valence-electron chi connectivity index (χ0n) is 12.1. The zero-order chi connectivity index (χ0) is 15.9. The third kappa shape index (κ3) is 2.84. The van der Waals surface area contributed by atoms with Crippen molar-refractivity contribution in [3.05, 3.63) is 58.9 Å². The van der Waals surface area contributed by atoms with E-state index in [1.807, 2.05) is 11.0 Å². The van der Waals surface area contributed by atoms with E-state index in [1.165, 1.54) is 18.2 Å². The molecule has 0 atom stereocenters. The standard InChI is InChI=1S/C16H16FNO3S/c1-22(20,21)16-7-11(5-6-15(16)19)8-18-9-12-3-2-4-14(17)13(12)10-18/h2-7,19H,8-10H2,1H3. The largest absolute Gasteiger partial charge is 0.507 e. The summed E-state index contributed by atoms with van der Waals surface area (Å²) in [6.07, 6.45) is 1.06. The molecule has 2 aromatic carbocycles. The molecule has 0 unspecified atom stereocenters. The van der Waals surface area contributed by atoms with E-state index in [0.717, 1.165) is 17.4 Å².